The second-order valence-electron chi connectivity index (χ2n) is 9.33. The van der Waals surface area contributed by atoms with Gasteiger partial charge in [-0.05, 0) is 51.2 Å². The molecular formula is C26H41N3O6S. The van der Waals surface area contributed by atoms with Crippen LogP contribution < -0.4 is 10.6 Å². The molecule has 9 nitrogen and oxygen atoms in total. The lowest BCUT2D eigenvalue weighted by molar-refractivity contribution is -0.144. The standard InChI is InChI=1S/C26H41N3O6S/c1-7-8-12-16-29(24(32)20(15-17-36-6)28-25(33)35-26(2,3)4)22(19-13-10-9-11-14-19)23(31)27-18-21(30)34-5/h9-11,13-14,20,22H,7-8,12,15-18H2,1-6H3,(H,27,31)(H,28,33). The summed E-state index contributed by atoms with van der Waals surface area (Å²) in [4.78, 5) is 53.0. The number of benzene rings is 1. The summed E-state index contributed by atoms with van der Waals surface area (Å²) in [6.45, 7) is 7.29. The number of carbonyl (C=O) groups is 4. The Morgan fingerprint density at radius 1 is 1.08 bits per heavy atom. The molecule has 1 aromatic carbocycles. The second kappa shape index (κ2) is 16.1. The van der Waals surface area contributed by atoms with Gasteiger partial charge in [-0.2, -0.15) is 11.8 Å². The van der Waals surface area contributed by atoms with E-state index >= 15 is 0 Å². The summed E-state index contributed by atoms with van der Waals surface area (Å²) in [7, 11) is 1.24. The third-order valence-corrected chi connectivity index (χ3v) is 5.84. The molecule has 36 heavy (non-hydrogen) atoms. The van der Waals surface area contributed by atoms with Gasteiger partial charge in [0, 0.05) is 6.54 Å². The molecule has 0 saturated carbocycles. The highest BCUT2D eigenvalue weighted by molar-refractivity contribution is 7.98. The van der Waals surface area contributed by atoms with Gasteiger partial charge in [0.1, 0.15) is 24.2 Å². The van der Waals surface area contributed by atoms with E-state index in [-0.39, 0.29) is 12.5 Å². The number of unbranched alkanes of at least 4 members (excludes halogenated alkanes) is 2. The quantitative estimate of drug-likeness (QED) is 0.282. The Bertz CT molecular complexity index is 844. The SMILES string of the molecule is CCCCCN(C(=O)C(CCSC)NC(=O)OC(C)(C)C)C(C(=O)NCC(=O)OC)c1ccccc1. The van der Waals surface area contributed by atoms with Crippen molar-refractivity contribution in [3.63, 3.8) is 0 Å². The molecule has 3 amide bonds. The number of nitrogens with one attached hydrogen (secondary N) is 2. The zero-order valence-electron chi connectivity index (χ0n) is 22.3. The third kappa shape index (κ3) is 11.3. The molecule has 0 aliphatic carbocycles. The average molecular weight is 524 g/mol. The normalized spacial score (nSPS) is 12.7. The Labute approximate surface area is 219 Å². The molecule has 0 fully saturated rings. The number of amides is 3. The zero-order valence-corrected chi connectivity index (χ0v) is 23.1. The van der Waals surface area contributed by atoms with Crippen molar-refractivity contribution in [1.82, 2.24) is 15.5 Å². The van der Waals surface area contributed by atoms with E-state index in [1.807, 2.05) is 12.3 Å². The summed E-state index contributed by atoms with van der Waals surface area (Å²) in [5.41, 5.74) is -0.121. The summed E-state index contributed by atoms with van der Waals surface area (Å²) in [6, 6.07) is 7.05. The van der Waals surface area contributed by atoms with Gasteiger partial charge in [0.2, 0.25) is 11.8 Å². The molecular weight excluding hydrogens is 482 g/mol. The predicted molar refractivity (Wildman–Crippen MR) is 142 cm³/mol. The lowest BCUT2D eigenvalue weighted by Crippen LogP contribution is -2.53. The van der Waals surface area contributed by atoms with Crippen LogP contribution in [0.15, 0.2) is 30.3 Å². The first-order valence-electron chi connectivity index (χ1n) is 12.2. The van der Waals surface area contributed by atoms with Crippen molar-refractivity contribution in [3.8, 4) is 0 Å². The molecule has 0 radical (unpaired) electrons. The minimum atomic E-state index is -0.988. The van der Waals surface area contributed by atoms with Crippen LogP contribution >= 0.6 is 11.8 Å². The van der Waals surface area contributed by atoms with Crippen LogP contribution in [0.4, 0.5) is 4.79 Å². The fourth-order valence-electron chi connectivity index (χ4n) is 3.48. The van der Waals surface area contributed by atoms with Crippen LogP contribution in [0.1, 0.15) is 65.0 Å². The Morgan fingerprint density at radius 3 is 2.31 bits per heavy atom. The lowest BCUT2D eigenvalue weighted by atomic mass is 10.0. The number of ether oxygens (including phenoxy) is 2. The Morgan fingerprint density at radius 2 is 1.75 bits per heavy atom. The Balaban J connectivity index is 3.37. The molecule has 202 valence electrons. The molecule has 0 aromatic heterocycles. The van der Waals surface area contributed by atoms with Crippen molar-refractivity contribution in [2.24, 2.45) is 0 Å². The van der Waals surface area contributed by atoms with Crippen molar-refractivity contribution in [2.45, 2.75) is 71.1 Å². The molecule has 2 N–H and O–H groups in total. The van der Waals surface area contributed by atoms with Crippen LogP contribution in [-0.4, -0.2) is 72.6 Å². The van der Waals surface area contributed by atoms with Gasteiger partial charge < -0.3 is 25.0 Å². The van der Waals surface area contributed by atoms with E-state index in [0.717, 1.165) is 12.8 Å². The predicted octanol–water partition coefficient (Wildman–Crippen LogP) is 3.68. The maximum absolute atomic E-state index is 13.9. The van der Waals surface area contributed by atoms with Crippen LogP contribution in [0, 0.1) is 0 Å². The molecule has 1 aromatic rings. The summed E-state index contributed by atoms with van der Waals surface area (Å²) < 4.78 is 10.0. The summed E-state index contributed by atoms with van der Waals surface area (Å²) in [5.74, 6) is -0.853. The van der Waals surface area contributed by atoms with Crippen molar-refractivity contribution in [2.75, 3.05) is 32.2 Å². The molecule has 0 aliphatic heterocycles. The number of hydrogen-bond acceptors (Lipinski definition) is 7. The number of hydrogen-bond donors (Lipinski definition) is 2. The van der Waals surface area contributed by atoms with E-state index in [4.69, 9.17) is 4.74 Å². The number of thioether (sulfide) groups is 1. The van der Waals surface area contributed by atoms with Gasteiger partial charge in [-0.1, -0.05) is 50.1 Å². The van der Waals surface area contributed by atoms with Gasteiger partial charge in [-0.15, -0.1) is 0 Å². The molecule has 1 rings (SSSR count). The van der Waals surface area contributed by atoms with Gasteiger partial charge in [0.25, 0.3) is 0 Å². The fraction of sp³-hybridized carbons (Fsp3) is 0.615. The van der Waals surface area contributed by atoms with Crippen molar-refractivity contribution in [3.05, 3.63) is 35.9 Å². The minimum absolute atomic E-state index is 0.309. The number of carbonyl (C=O) groups excluding carboxylic acids is 4. The van der Waals surface area contributed by atoms with Crippen LogP contribution in [0.5, 0.6) is 0 Å². The van der Waals surface area contributed by atoms with E-state index in [1.165, 1.54) is 12.0 Å². The van der Waals surface area contributed by atoms with E-state index in [9.17, 15) is 19.2 Å². The largest absolute Gasteiger partial charge is 0.468 e. The highest BCUT2D eigenvalue weighted by Crippen LogP contribution is 2.24. The minimum Gasteiger partial charge on any atom is -0.468 e. The fourth-order valence-corrected chi connectivity index (χ4v) is 3.95. The maximum Gasteiger partial charge on any atom is 0.408 e. The van der Waals surface area contributed by atoms with Gasteiger partial charge in [-0.3, -0.25) is 14.4 Å². The first-order chi connectivity index (χ1) is 17.0. The zero-order chi connectivity index (χ0) is 27.1. The number of methoxy groups -OCH3 is 1. The van der Waals surface area contributed by atoms with Crippen LogP contribution in [-0.2, 0) is 23.9 Å². The van der Waals surface area contributed by atoms with Crippen molar-refractivity contribution in [1.29, 1.82) is 0 Å². The summed E-state index contributed by atoms with van der Waals surface area (Å²) >= 11 is 1.55. The Kier molecular flexibility index (Phi) is 14.0. The summed E-state index contributed by atoms with van der Waals surface area (Å²) in [5, 5.41) is 5.30. The second-order valence-corrected chi connectivity index (χ2v) is 10.3. The number of alkyl carbamates (subject to hydrolysis) is 1. The van der Waals surface area contributed by atoms with E-state index < -0.39 is 35.7 Å². The molecule has 10 heteroatoms. The lowest BCUT2D eigenvalue weighted by Gasteiger charge is -2.34. The molecule has 2 atom stereocenters. The summed E-state index contributed by atoms with van der Waals surface area (Å²) in [6.07, 6.45) is 4.07. The molecule has 0 heterocycles. The van der Waals surface area contributed by atoms with Crippen molar-refractivity contribution >= 4 is 35.6 Å². The molecule has 0 spiro atoms. The monoisotopic (exact) mass is 523 g/mol. The molecule has 0 saturated heterocycles. The highest BCUT2D eigenvalue weighted by atomic mass is 32.2. The Hall–Kier alpha value is -2.75. The highest BCUT2D eigenvalue weighted by Gasteiger charge is 2.36. The first-order valence-corrected chi connectivity index (χ1v) is 13.6. The van der Waals surface area contributed by atoms with Gasteiger partial charge in [-0.25, -0.2) is 4.79 Å². The number of esters is 1. The van der Waals surface area contributed by atoms with Gasteiger partial charge in [0.05, 0.1) is 7.11 Å². The first kappa shape index (κ1) is 31.3. The smallest absolute Gasteiger partial charge is 0.408 e. The number of rotatable bonds is 14. The van der Waals surface area contributed by atoms with E-state index in [1.54, 1.807) is 56.8 Å². The van der Waals surface area contributed by atoms with E-state index in [2.05, 4.69) is 22.3 Å². The number of nitrogens with zero attached hydrogens (tertiary/aromatic N) is 1. The van der Waals surface area contributed by atoms with E-state index in [0.29, 0.717) is 30.7 Å². The molecule has 0 aliphatic rings. The van der Waals surface area contributed by atoms with Crippen molar-refractivity contribution < 1.29 is 28.7 Å². The third-order valence-electron chi connectivity index (χ3n) is 5.20. The van der Waals surface area contributed by atoms with Crippen LogP contribution in [0.3, 0.4) is 0 Å². The van der Waals surface area contributed by atoms with Crippen LogP contribution in [0.25, 0.3) is 0 Å². The maximum atomic E-state index is 13.9. The van der Waals surface area contributed by atoms with Gasteiger partial charge >= 0.3 is 12.1 Å². The molecule has 2 unspecified atom stereocenters. The van der Waals surface area contributed by atoms with Gasteiger partial charge in [0.15, 0.2) is 0 Å². The molecule has 0 bridgehead atoms. The topological polar surface area (TPSA) is 114 Å². The average Bonchev–Trinajstić information content (AvgIpc) is 2.83. The van der Waals surface area contributed by atoms with Crippen LogP contribution in [0.2, 0.25) is 0 Å².